The number of anilines is 1. The van der Waals surface area contributed by atoms with Crippen LogP contribution >= 0.6 is 0 Å². The predicted molar refractivity (Wildman–Crippen MR) is 62.3 cm³/mol. The highest BCUT2D eigenvalue weighted by Crippen LogP contribution is 2.19. The predicted octanol–water partition coefficient (Wildman–Crippen LogP) is 0.888. The molecule has 0 spiro atoms. The van der Waals surface area contributed by atoms with Gasteiger partial charge in [-0.25, -0.2) is 9.97 Å². The number of nitrogens with zero attached hydrogens (tertiary/aromatic N) is 3. The first-order valence-electron chi connectivity index (χ1n) is 4.95. The van der Waals surface area contributed by atoms with Crippen LogP contribution < -0.4 is 11.5 Å². The van der Waals surface area contributed by atoms with Gasteiger partial charge in [0, 0.05) is 36.3 Å². The van der Waals surface area contributed by atoms with Crippen LogP contribution in [0.2, 0.25) is 0 Å². The zero-order valence-electron chi connectivity index (χ0n) is 9.01. The van der Waals surface area contributed by atoms with E-state index in [9.17, 15) is 0 Å². The lowest BCUT2D eigenvalue weighted by molar-refractivity contribution is 1.02. The first kappa shape index (κ1) is 10.5. The number of hydrogen-bond acceptors (Lipinski definition) is 5. The van der Waals surface area contributed by atoms with E-state index in [1.807, 2.05) is 13.0 Å². The maximum atomic E-state index is 5.77. The summed E-state index contributed by atoms with van der Waals surface area (Å²) in [6.45, 7) is 2.31. The number of nitrogen functional groups attached to an aromatic ring is 1. The van der Waals surface area contributed by atoms with Gasteiger partial charge < -0.3 is 11.5 Å². The summed E-state index contributed by atoms with van der Waals surface area (Å²) in [6, 6.07) is 1.87. The van der Waals surface area contributed by atoms with Crippen LogP contribution in [0.15, 0.2) is 24.7 Å². The molecule has 2 heterocycles. The molecule has 5 nitrogen and oxygen atoms in total. The summed E-state index contributed by atoms with van der Waals surface area (Å²) < 4.78 is 0. The van der Waals surface area contributed by atoms with Crippen LogP contribution in [0, 0.1) is 6.92 Å². The van der Waals surface area contributed by atoms with E-state index in [-0.39, 0.29) is 0 Å². The standard InChI is InChI=1S/C11H13N5/c1-7-5-14-3-2-9(7)11-15-6-8(4-12)10(13)16-11/h2-3,5-6H,4,12H2,1H3,(H2,13,15,16). The average molecular weight is 215 g/mol. The largest absolute Gasteiger partial charge is 0.383 e. The van der Waals surface area contributed by atoms with E-state index < -0.39 is 0 Å². The molecular weight excluding hydrogens is 202 g/mol. The zero-order chi connectivity index (χ0) is 11.5. The van der Waals surface area contributed by atoms with Gasteiger partial charge in [0.05, 0.1) is 0 Å². The zero-order valence-corrected chi connectivity index (χ0v) is 9.01. The van der Waals surface area contributed by atoms with Crippen LogP contribution in [0.1, 0.15) is 11.1 Å². The van der Waals surface area contributed by atoms with E-state index in [1.54, 1.807) is 18.6 Å². The van der Waals surface area contributed by atoms with Gasteiger partial charge in [-0.15, -0.1) is 0 Å². The van der Waals surface area contributed by atoms with Gasteiger partial charge in [0.2, 0.25) is 0 Å². The number of aryl methyl sites for hydroxylation is 1. The van der Waals surface area contributed by atoms with Crippen molar-refractivity contribution >= 4 is 5.82 Å². The second kappa shape index (κ2) is 4.24. The molecule has 0 unspecified atom stereocenters. The lowest BCUT2D eigenvalue weighted by Crippen LogP contribution is -2.06. The van der Waals surface area contributed by atoms with Crippen LogP contribution in [0.25, 0.3) is 11.4 Å². The highest BCUT2D eigenvalue weighted by Gasteiger charge is 2.07. The quantitative estimate of drug-likeness (QED) is 0.776. The van der Waals surface area contributed by atoms with E-state index in [0.29, 0.717) is 18.2 Å². The number of pyridine rings is 1. The van der Waals surface area contributed by atoms with E-state index >= 15 is 0 Å². The lowest BCUT2D eigenvalue weighted by Gasteiger charge is -2.06. The second-order valence-electron chi connectivity index (χ2n) is 3.50. The molecule has 2 rings (SSSR count). The fraction of sp³-hybridized carbons (Fsp3) is 0.182. The highest BCUT2D eigenvalue weighted by atomic mass is 14.9. The summed E-state index contributed by atoms with van der Waals surface area (Å²) in [4.78, 5) is 12.5. The molecule has 2 aromatic rings. The van der Waals surface area contributed by atoms with Gasteiger partial charge >= 0.3 is 0 Å². The molecule has 4 N–H and O–H groups in total. The van der Waals surface area contributed by atoms with Crippen molar-refractivity contribution in [2.24, 2.45) is 5.73 Å². The molecule has 2 aromatic heterocycles. The molecule has 0 saturated carbocycles. The summed E-state index contributed by atoms with van der Waals surface area (Å²) in [5, 5.41) is 0. The van der Waals surface area contributed by atoms with Gasteiger partial charge in [0.1, 0.15) is 5.82 Å². The van der Waals surface area contributed by atoms with Crippen molar-refractivity contribution in [1.29, 1.82) is 0 Å². The van der Waals surface area contributed by atoms with E-state index in [2.05, 4.69) is 15.0 Å². The van der Waals surface area contributed by atoms with Crippen LogP contribution in [-0.4, -0.2) is 15.0 Å². The summed E-state index contributed by atoms with van der Waals surface area (Å²) in [5.74, 6) is 1.04. The van der Waals surface area contributed by atoms with E-state index in [1.165, 1.54) is 0 Å². The first-order valence-corrected chi connectivity index (χ1v) is 4.95. The third kappa shape index (κ3) is 1.85. The summed E-state index contributed by atoms with van der Waals surface area (Å²) in [6.07, 6.45) is 5.14. The molecule has 0 radical (unpaired) electrons. The van der Waals surface area contributed by atoms with Crippen molar-refractivity contribution in [3.05, 3.63) is 35.8 Å². The SMILES string of the molecule is Cc1cnccc1-c1ncc(CN)c(N)n1. The van der Waals surface area contributed by atoms with E-state index in [4.69, 9.17) is 11.5 Å². The van der Waals surface area contributed by atoms with Crippen molar-refractivity contribution < 1.29 is 0 Å². The third-order valence-corrected chi connectivity index (χ3v) is 2.38. The van der Waals surface area contributed by atoms with Gasteiger partial charge in [-0.05, 0) is 18.6 Å². The average Bonchev–Trinajstić information content (AvgIpc) is 2.29. The minimum Gasteiger partial charge on any atom is -0.383 e. The van der Waals surface area contributed by atoms with Crippen molar-refractivity contribution in [3.8, 4) is 11.4 Å². The van der Waals surface area contributed by atoms with Gasteiger partial charge in [-0.3, -0.25) is 4.98 Å². The first-order chi connectivity index (χ1) is 7.72. The molecule has 0 saturated heterocycles. The summed E-state index contributed by atoms with van der Waals surface area (Å²) >= 11 is 0. The van der Waals surface area contributed by atoms with Crippen LogP contribution in [0.4, 0.5) is 5.82 Å². The number of hydrogen-bond donors (Lipinski definition) is 2. The molecule has 0 bridgehead atoms. The fourth-order valence-corrected chi connectivity index (χ4v) is 1.43. The minimum absolute atomic E-state index is 0.349. The van der Waals surface area contributed by atoms with Crippen LogP contribution in [-0.2, 0) is 6.54 Å². The van der Waals surface area contributed by atoms with Crippen molar-refractivity contribution in [2.75, 3.05) is 5.73 Å². The number of rotatable bonds is 2. The number of aromatic nitrogens is 3. The lowest BCUT2D eigenvalue weighted by atomic mass is 10.1. The second-order valence-corrected chi connectivity index (χ2v) is 3.50. The Morgan fingerprint density at radius 2 is 2.12 bits per heavy atom. The normalized spacial score (nSPS) is 10.4. The summed E-state index contributed by atoms with van der Waals surface area (Å²) in [5.41, 5.74) is 14.0. The maximum Gasteiger partial charge on any atom is 0.161 e. The van der Waals surface area contributed by atoms with Gasteiger partial charge in [0.25, 0.3) is 0 Å². The molecular formula is C11H13N5. The maximum absolute atomic E-state index is 5.77. The minimum atomic E-state index is 0.349. The molecule has 82 valence electrons. The van der Waals surface area contributed by atoms with Crippen molar-refractivity contribution in [1.82, 2.24) is 15.0 Å². The highest BCUT2D eigenvalue weighted by molar-refractivity contribution is 5.60. The summed E-state index contributed by atoms with van der Waals surface area (Å²) in [7, 11) is 0. The molecule has 0 fully saturated rings. The van der Waals surface area contributed by atoms with Crippen LogP contribution in [0.3, 0.4) is 0 Å². The van der Waals surface area contributed by atoms with Gasteiger partial charge in [-0.1, -0.05) is 0 Å². The number of nitrogens with two attached hydrogens (primary N) is 2. The van der Waals surface area contributed by atoms with Crippen molar-refractivity contribution in [3.63, 3.8) is 0 Å². The molecule has 0 aromatic carbocycles. The fourth-order valence-electron chi connectivity index (χ4n) is 1.43. The Morgan fingerprint density at radius 3 is 2.75 bits per heavy atom. The Labute approximate surface area is 93.6 Å². The third-order valence-electron chi connectivity index (χ3n) is 2.38. The molecule has 0 atom stereocenters. The van der Waals surface area contributed by atoms with Crippen molar-refractivity contribution in [2.45, 2.75) is 13.5 Å². The molecule has 0 aliphatic heterocycles. The molecule has 0 aliphatic rings. The Balaban J connectivity index is 2.50. The molecule has 16 heavy (non-hydrogen) atoms. The topological polar surface area (TPSA) is 90.7 Å². The van der Waals surface area contributed by atoms with E-state index in [0.717, 1.165) is 16.7 Å². The van der Waals surface area contributed by atoms with Gasteiger partial charge in [-0.2, -0.15) is 0 Å². The monoisotopic (exact) mass is 215 g/mol. The van der Waals surface area contributed by atoms with Gasteiger partial charge in [0.15, 0.2) is 5.82 Å². The molecule has 5 heteroatoms. The molecule has 0 aliphatic carbocycles. The Morgan fingerprint density at radius 1 is 1.31 bits per heavy atom. The smallest absolute Gasteiger partial charge is 0.161 e. The van der Waals surface area contributed by atoms with Crippen LogP contribution in [0.5, 0.6) is 0 Å². The Bertz CT molecular complexity index is 509. The molecule has 0 amide bonds. The Kier molecular flexibility index (Phi) is 2.78. The Hall–Kier alpha value is -2.01.